The molecule has 4 rings (SSSR count). The van der Waals surface area contributed by atoms with Gasteiger partial charge in [0.05, 0.1) is 17.6 Å². The number of aryl methyl sites for hydroxylation is 3. The fourth-order valence-electron chi connectivity index (χ4n) is 3.99. The van der Waals surface area contributed by atoms with E-state index in [9.17, 15) is 5.11 Å². The Morgan fingerprint density at radius 2 is 1.79 bits per heavy atom. The zero-order valence-electron chi connectivity index (χ0n) is 16.9. The van der Waals surface area contributed by atoms with Crippen LogP contribution in [0.2, 0.25) is 0 Å². The molecular formula is C23H28N4O. The topological polar surface area (TPSA) is 65.0 Å². The van der Waals surface area contributed by atoms with Gasteiger partial charge in [-0.15, -0.1) is 0 Å². The molecule has 2 aromatic heterocycles. The number of aromatic nitrogens is 3. The predicted octanol–water partition coefficient (Wildman–Crippen LogP) is 3.88. The number of rotatable bonds is 4. The van der Waals surface area contributed by atoms with E-state index < -0.39 is 5.60 Å². The van der Waals surface area contributed by atoms with Gasteiger partial charge in [-0.3, -0.25) is 15.0 Å². The first-order valence-electron chi connectivity index (χ1n) is 9.92. The number of likely N-dealkylation sites (tertiary alicyclic amines) is 1. The van der Waals surface area contributed by atoms with Crippen molar-refractivity contribution in [3.63, 3.8) is 0 Å². The van der Waals surface area contributed by atoms with Crippen molar-refractivity contribution in [3.05, 3.63) is 70.7 Å². The Balaban J connectivity index is 1.47. The van der Waals surface area contributed by atoms with E-state index >= 15 is 0 Å². The minimum absolute atomic E-state index is 0.694. The van der Waals surface area contributed by atoms with Gasteiger partial charge in [-0.1, -0.05) is 23.8 Å². The van der Waals surface area contributed by atoms with Gasteiger partial charge in [0.2, 0.25) is 0 Å². The van der Waals surface area contributed by atoms with Crippen molar-refractivity contribution < 1.29 is 5.11 Å². The molecule has 1 saturated heterocycles. The van der Waals surface area contributed by atoms with Crippen LogP contribution < -0.4 is 0 Å². The normalized spacial score (nSPS) is 17.0. The Bertz CT molecular complexity index is 953. The monoisotopic (exact) mass is 376 g/mol. The molecule has 0 saturated carbocycles. The van der Waals surface area contributed by atoms with Gasteiger partial charge in [0.25, 0.3) is 0 Å². The van der Waals surface area contributed by atoms with Crippen molar-refractivity contribution >= 4 is 0 Å². The van der Waals surface area contributed by atoms with Crippen LogP contribution in [0.4, 0.5) is 0 Å². The highest BCUT2D eigenvalue weighted by molar-refractivity contribution is 5.67. The SMILES string of the molecule is Cc1ccc(C2(O)CCN(Cc3cn[nH]c3-c3cc(C)ccc3C)CC2)nc1. The van der Waals surface area contributed by atoms with Crippen molar-refractivity contribution in [3.8, 4) is 11.3 Å². The fourth-order valence-corrected chi connectivity index (χ4v) is 3.99. The summed E-state index contributed by atoms with van der Waals surface area (Å²) in [6.45, 7) is 8.77. The molecule has 1 aliphatic rings. The first-order chi connectivity index (χ1) is 13.4. The van der Waals surface area contributed by atoms with Crippen molar-refractivity contribution in [2.24, 2.45) is 0 Å². The molecule has 0 bridgehead atoms. The molecule has 146 valence electrons. The minimum Gasteiger partial charge on any atom is -0.383 e. The number of aliphatic hydroxyl groups is 1. The number of benzene rings is 1. The number of pyridine rings is 1. The average Bonchev–Trinajstić information content (AvgIpc) is 3.14. The Hall–Kier alpha value is -2.50. The summed E-state index contributed by atoms with van der Waals surface area (Å²) in [5, 5.41) is 18.6. The maximum atomic E-state index is 11.1. The number of hydrogen-bond donors (Lipinski definition) is 2. The number of piperidine rings is 1. The molecule has 5 nitrogen and oxygen atoms in total. The van der Waals surface area contributed by atoms with Crippen LogP contribution >= 0.6 is 0 Å². The lowest BCUT2D eigenvalue weighted by Crippen LogP contribution is -2.42. The Morgan fingerprint density at radius 1 is 1.04 bits per heavy atom. The van der Waals surface area contributed by atoms with Gasteiger partial charge in [0, 0.05) is 37.0 Å². The molecule has 28 heavy (non-hydrogen) atoms. The van der Waals surface area contributed by atoms with E-state index in [1.165, 1.54) is 22.3 Å². The fraction of sp³-hybridized carbons (Fsp3) is 0.391. The second kappa shape index (κ2) is 7.49. The average molecular weight is 377 g/mol. The molecule has 2 N–H and O–H groups in total. The number of hydrogen-bond acceptors (Lipinski definition) is 4. The summed E-state index contributed by atoms with van der Waals surface area (Å²) in [7, 11) is 0. The van der Waals surface area contributed by atoms with E-state index in [2.05, 4.69) is 52.1 Å². The summed E-state index contributed by atoms with van der Waals surface area (Å²) < 4.78 is 0. The molecule has 5 heteroatoms. The van der Waals surface area contributed by atoms with Crippen molar-refractivity contribution in [1.82, 2.24) is 20.1 Å². The minimum atomic E-state index is -0.823. The van der Waals surface area contributed by atoms with Crippen LogP contribution in [0.15, 0.2) is 42.7 Å². The molecular weight excluding hydrogens is 348 g/mol. The van der Waals surface area contributed by atoms with Gasteiger partial charge < -0.3 is 5.11 Å². The summed E-state index contributed by atoms with van der Waals surface area (Å²) >= 11 is 0. The lowest BCUT2D eigenvalue weighted by molar-refractivity contribution is -0.0310. The first-order valence-corrected chi connectivity index (χ1v) is 9.92. The summed E-state index contributed by atoms with van der Waals surface area (Å²) in [5.41, 5.74) is 7.08. The summed E-state index contributed by atoms with van der Waals surface area (Å²) in [5.74, 6) is 0. The maximum Gasteiger partial charge on any atom is 0.109 e. The van der Waals surface area contributed by atoms with E-state index in [0.29, 0.717) is 12.8 Å². The smallest absolute Gasteiger partial charge is 0.109 e. The molecule has 3 heterocycles. The molecule has 1 aromatic carbocycles. The summed E-state index contributed by atoms with van der Waals surface area (Å²) in [6.07, 6.45) is 5.15. The maximum absolute atomic E-state index is 11.1. The van der Waals surface area contributed by atoms with Gasteiger partial charge in [0.1, 0.15) is 5.60 Å². The Morgan fingerprint density at radius 3 is 2.50 bits per heavy atom. The molecule has 0 amide bonds. The van der Waals surface area contributed by atoms with E-state index in [1.54, 1.807) is 0 Å². The third-order valence-electron chi connectivity index (χ3n) is 5.85. The highest BCUT2D eigenvalue weighted by Gasteiger charge is 2.35. The standard InChI is InChI=1S/C23H28N4O/c1-16-4-6-18(3)20(12-16)22-19(14-25-26-22)15-27-10-8-23(28,9-11-27)21-7-5-17(2)13-24-21/h4-7,12-14,28H,8-11,15H2,1-3H3,(H,25,26). The number of H-pyrrole nitrogens is 1. The first kappa shape index (κ1) is 18.8. The second-order valence-corrected chi connectivity index (χ2v) is 8.12. The molecule has 0 aliphatic carbocycles. The van der Waals surface area contributed by atoms with Gasteiger partial charge in [-0.2, -0.15) is 5.10 Å². The van der Waals surface area contributed by atoms with E-state index in [1.807, 2.05) is 31.5 Å². The summed E-state index contributed by atoms with van der Waals surface area (Å²) in [6, 6.07) is 10.5. The van der Waals surface area contributed by atoms with Gasteiger partial charge in [0.15, 0.2) is 0 Å². The molecule has 3 aromatic rings. The zero-order chi connectivity index (χ0) is 19.7. The molecule has 0 spiro atoms. The Labute approximate surface area is 166 Å². The molecule has 0 unspecified atom stereocenters. The van der Waals surface area contributed by atoms with E-state index in [0.717, 1.165) is 36.6 Å². The van der Waals surface area contributed by atoms with Crippen molar-refractivity contribution in [2.45, 2.75) is 45.8 Å². The van der Waals surface area contributed by atoms with Gasteiger partial charge in [-0.05, 0) is 56.9 Å². The quantitative estimate of drug-likeness (QED) is 0.725. The zero-order valence-corrected chi connectivity index (χ0v) is 16.9. The highest BCUT2D eigenvalue weighted by Crippen LogP contribution is 2.33. The molecule has 0 atom stereocenters. The Kier molecular flexibility index (Phi) is 5.04. The van der Waals surface area contributed by atoms with E-state index in [-0.39, 0.29) is 0 Å². The lowest BCUT2D eigenvalue weighted by atomic mass is 9.87. The van der Waals surface area contributed by atoms with Crippen molar-refractivity contribution in [2.75, 3.05) is 13.1 Å². The third-order valence-corrected chi connectivity index (χ3v) is 5.85. The number of nitrogens with zero attached hydrogens (tertiary/aromatic N) is 3. The molecule has 0 radical (unpaired) electrons. The van der Waals surface area contributed by atoms with E-state index in [4.69, 9.17) is 0 Å². The van der Waals surface area contributed by atoms with Crippen LogP contribution in [0.25, 0.3) is 11.3 Å². The largest absolute Gasteiger partial charge is 0.383 e. The third kappa shape index (κ3) is 3.73. The summed E-state index contributed by atoms with van der Waals surface area (Å²) in [4.78, 5) is 6.85. The van der Waals surface area contributed by atoms with Crippen LogP contribution in [-0.2, 0) is 12.1 Å². The highest BCUT2D eigenvalue weighted by atomic mass is 16.3. The van der Waals surface area contributed by atoms with Crippen LogP contribution in [0.1, 0.15) is 40.8 Å². The predicted molar refractivity (Wildman–Crippen MR) is 111 cm³/mol. The van der Waals surface area contributed by atoms with Crippen molar-refractivity contribution in [1.29, 1.82) is 0 Å². The van der Waals surface area contributed by atoms with Crippen LogP contribution in [0.3, 0.4) is 0 Å². The van der Waals surface area contributed by atoms with Gasteiger partial charge >= 0.3 is 0 Å². The lowest BCUT2D eigenvalue weighted by Gasteiger charge is -2.37. The molecule has 1 fully saturated rings. The number of nitrogens with one attached hydrogen (secondary N) is 1. The second-order valence-electron chi connectivity index (χ2n) is 8.12. The van der Waals surface area contributed by atoms with Crippen LogP contribution in [0, 0.1) is 20.8 Å². The number of aromatic amines is 1. The van der Waals surface area contributed by atoms with Gasteiger partial charge in [-0.25, -0.2) is 0 Å². The molecule has 1 aliphatic heterocycles. The van der Waals surface area contributed by atoms with Crippen LogP contribution in [-0.4, -0.2) is 38.3 Å². The van der Waals surface area contributed by atoms with Crippen LogP contribution in [0.5, 0.6) is 0 Å².